The Balaban J connectivity index is 2.58. The van der Waals surface area contributed by atoms with Crippen molar-refractivity contribution in [3.63, 3.8) is 0 Å². The van der Waals surface area contributed by atoms with Gasteiger partial charge in [-0.1, -0.05) is 29.8 Å². The Morgan fingerprint density at radius 2 is 1.89 bits per heavy atom. The Labute approximate surface area is 117 Å². The Morgan fingerprint density at radius 3 is 2.58 bits per heavy atom. The molecule has 2 aromatic rings. The summed E-state index contributed by atoms with van der Waals surface area (Å²) in [4.78, 5) is 11.7. The van der Waals surface area contributed by atoms with Crippen molar-refractivity contribution in [3.8, 4) is 16.9 Å². The van der Waals surface area contributed by atoms with E-state index >= 15 is 0 Å². The lowest BCUT2D eigenvalue weighted by atomic mass is 10.0. The maximum Gasteiger partial charge on any atom is 0.251 e. The van der Waals surface area contributed by atoms with Crippen LogP contribution in [0.2, 0.25) is 5.02 Å². The number of hydrogen-bond acceptors (Lipinski definition) is 2. The number of halogens is 1. The third-order valence-corrected chi connectivity index (χ3v) is 3.18. The number of para-hydroxylation sites is 1. The summed E-state index contributed by atoms with van der Waals surface area (Å²) in [6.07, 6.45) is 0. The smallest absolute Gasteiger partial charge is 0.251 e. The fourth-order valence-electron chi connectivity index (χ4n) is 1.88. The molecule has 1 N–H and O–H groups in total. The van der Waals surface area contributed by atoms with Crippen LogP contribution in [0.1, 0.15) is 10.4 Å². The molecular weight excluding hydrogens is 262 g/mol. The van der Waals surface area contributed by atoms with Crippen molar-refractivity contribution in [1.29, 1.82) is 0 Å². The summed E-state index contributed by atoms with van der Waals surface area (Å²) in [6.45, 7) is 0. The van der Waals surface area contributed by atoms with Crippen molar-refractivity contribution >= 4 is 17.5 Å². The molecule has 0 aromatic heterocycles. The summed E-state index contributed by atoms with van der Waals surface area (Å²) in [5, 5.41) is 3.18. The van der Waals surface area contributed by atoms with Crippen LogP contribution in [-0.4, -0.2) is 20.1 Å². The number of benzene rings is 2. The van der Waals surface area contributed by atoms with Crippen LogP contribution in [0.3, 0.4) is 0 Å². The molecule has 0 aliphatic rings. The summed E-state index contributed by atoms with van der Waals surface area (Å²) < 4.78 is 5.32. The van der Waals surface area contributed by atoms with E-state index in [1.807, 2.05) is 24.3 Å². The largest absolute Gasteiger partial charge is 0.496 e. The fourth-order valence-corrected chi connectivity index (χ4v) is 2.10. The molecule has 0 saturated carbocycles. The zero-order valence-corrected chi connectivity index (χ0v) is 11.5. The summed E-state index contributed by atoms with van der Waals surface area (Å²) in [5.41, 5.74) is 2.20. The minimum atomic E-state index is -0.146. The number of methoxy groups -OCH3 is 1. The summed E-state index contributed by atoms with van der Waals surface area (Å²) in [7, 11) is 3.20. The number of carbonyl (C=O) groups is 1. The molecule has 0 heterocycles. The maximum atomic E-state index is 11.7. The Bertz CT molecular complexity index is 611. The second kappa shape index (κ2) is 5.76. The van der Waals surface area contributed by atoms with Crippen molar-refractivity contribution in [2.24, 2.45) is 0 Å². The second-order valence-electron chi connectivity index (χ2n) is 3.97. The molecule has 2 aromatic carbocycles. The van der Waals surface area contributed by atoms with Crippen molar-refractivity contribution in [3.05, 3.63) is 53.1 Å². The molecule has 2 rings (SSSR count). The molecule has 1 amide bonds. The SMILES string of the molecule is CNC(=O)c1ccc(Cl)c(-c2ccccc2OC)c1. The lowest BCUT2D eigenvalue weighted by Crippen LogP contribution is -2.17. The van der Waals surface area contributed by atoms with E-state index in [1.165, 1.54) is 0 Å². The van der Waals surface area contributed by atoms with Crippen LogP contribution in [0.4, 0.5) is 0 Å². The van der Waals surface area contributed by atoms with Gasteiger partial charge in [0.2, 0.25) is 0 Å². The average Bonchev–Trinajstić information content (AvgIpc) is 2.47. The molecule has 3 nitrogen and oxygen atoms in total. The van der Waals surface area contributed by atoms with E-state index in [0.717, 1.165) is 16.9 Å². The van der Waals surface area contributed by atoms with Gasteiger partial charge in [-0.05, 0) is 24.3 Å². The molecule has 98 valence electrons. The Hall–Kier alpha value is -2.00. The molecular formula is C15H14ClNO2. The molecule has 0 radical (unpaired) electrons. The molecule has 0 aliphatic carbocycles. The van der Waals surface area contributed by atoms with Crippen molar-refractivity contribution in [2.45, 2.75) is 0 Å². The van der Waals surface area contributed by atoms with E-state index in [0.29, 0.717) is 10.6 Å². The van der Waals surface area contributed by atoms with Gasteiger partial charge in [0.05, 0.1) is 7.11 Å². The first-order chi connectivity index (χ1) is 9.17. The number of rotatable bonds is 3. The average molecular weight is 276 g/mol. The number of carbonyl (C=O) groups excluding carboxylic acids is 1. The molecule has 0 saturated heterocycles. The highest BCUT2D eigenvalue weighted by atomic mass is 35.5. The van der Waals surface area contributed by atoms with Gasteiger partial charge in [-0.25, -0.2) is 0 Å². The van der Waals surface area contributed by atoms with Gasteiger partial charge in [-0.15, -0.1) is 0 Å². The van der Waals surface area contributed by atoms with E-state index in [4.69, 9.17) is 16.3 Å². The van der Waals surface area contributed by atoms with Crippen LogP contribution in [0.25, 0.3) is 11.1 Å². The number of hydrogen-bond donors (Lipinski definition) is 1. The molecule has 0 spiro atoms. The van der Waals surface area contributed by atoms with Gasteiger partial charge >= 0.3 is 0 Å². The van der Waals surface area contributed by atoms with Crippen molar-refractivity contribution in [2.75, 3.05) is 14.2 Å². The maximum absolute atomic E-state index is 11.7. The lowest BCUT2D eigenvalue weighted by Gasteiger charge is -2.11. The van der Waals surface area contributed by atoms with E-state index in [1.54, 1.807) is 32.4 Å². The summed E-state index contributed by atoms with van der Waals surface area (Å²) in [6, 6.07) is 12.7. The van der Waals surface area contributed by atoms with E-state index < -0.39 is 0 Å². The standard InChI is InChI=1S/C15H14ClNO2/c1-17-15(18)10-7-8-13(16)12(9-10)11-5-3-4-6-14(11)19-2/h3-9H,1-2H3,(H,17,18). The first-order valence-electron chi connectivity index (χ1n) is 5.82. The van der Waals surface area contributed by atoms with E-state index in [9.17, 15) is 4.79 Å². The topological polar surface area (TPSA) is 38.3 Å². The predicted molar refractivity (Wildman–Crippen MR) is 76.8 cm³/mol. The lowest BCUT2D eigenvalue weighted by molar-refractivity contribution is 0.0963. The van der Waals surface area contributed by atoms with Crippen molar-refractivity contribution < 1.29 is 9.53 Å². The quantitative estimate of drug-likeness (QED) is 0.933. The van der Waals surface area contributed by atoms with Crippen LogP contribution < -0.4 is 10.1 Å². The zero-order valence-electron chi connectivity index (χ0n) is 10.7. The van der Waals surface area contributed by atoms with Gasteiger partial charge in [0.25, 0.3) is 5.91 Å². The van der Waals surface area contributed by atoms with Gasteiger partial charge in [0.15, 0.2) is 0 Å². The van der Waals surface area contributed by atoms with Crippen molar-refractivity contribution in [1.82, 2.24) is 5.32 Å². The highest BCUT2D eigenvalue weighted by Crippen LogP contribution is 2.35. The molecule has 0 atom stereocenters. The highest BCUT2D eigenvalue weighted by molar-refractivity contribution is 6.33. The number of nitrogens with one attached hydrogen (secondary N) is 1. The van der Waals surface area contributed by atoms with Crippen LogP contribution in [0, 0.1) is 0 Å². The summed E-state index contributed by atoms with van der Waals surface area (Å²) >= 11 is 6.22. The van der Waals surface area contributed by atoms with Crippen LogP contribution >= 0.6 is 11.6 Å². The molecule has 0 unspecified atom stereocenters. The van der Waals surface area contributed by atoms with E-state index in [2.05, 4.69) is 5.32 Å². The van der Waals surface area contributed by atoms with Crippen LogP contribution in [-0.2, 0) is 0 Å². The Kier molecular flexibility index (Phi) is 4.07. The molecule has 19 heavy (non-hydrogen) atoms. The summed E-state index contributed by atoms with van der Waals surface area (Å²) in [5.74, 6) is 0.575. The third kappa shape index (κ3) is 2.71. The normalized spacial score (nSPS) is 10.1. The van der Waals surface area contributed by atoms with Gasteiger partial charge in [0, 0.05) is 28.8 Å². The first-order valence-corrected chi connectivity index (χ1v) is 6.20. The highest BCUT2D eigenvalue weighted by Gasteiger charge is 2.12. The molecule has 0 aliphatic heterocycles. The van der Waals surface area contributed by atoms with Crippen LogP contribution in [0.5, 0.6) is 5.75 Å². The second-order valence-corrected chi connectivity index (χ2v) is 4.38. The first kappa shape index (κ1) is 13.4. The molecule has 4 heteroatoms. The van der Waals surface area contributed by atoms with Gasteiger partial charge < -0.3 is 10.1 Å². The Morgan fingerprint density at radius 1 is 1.16 bits per heavy atom. The fraction of sp³-hybridized carbons (Fsp3) is 0.133. The van der Waals surface area contributed by atoms with Crippen LogP contribution in [0.15, 0.2) is 42.5 Å². The van der Waals surface area contributed by atoms with E-state index in [-0.39, 0.29) is 5.91 Å². The predicted octanol–water partition coefficient (Wildman–Crippen LogP) is 3.38. The minimum absolute atomic E-state index is 0.146. The molecule has 0 fully saturated rings. The minimum Gasteiger partial charge on any atom is -0.496 e. The zero-order chi connectivity index (χ0) is 13.8. The monoisotopic (exact) mass is 275 g/mol. The third-order valence-electron chi connectivity index (χ3n) is 2.85. The van der Waals surface area contributed by atoms with Gasteiger partial charge in [-0.2, -0.15) is 0 Å². The number of amides is 1. The molecule has 0 bridgehead atoms. The van der Waals surface area contributed by atoms with Gasteiger partial charge in [-0.3, -0.25) is 4.79 Å². The number of ether oxygens (including phenoxy) is 1. The van der Waals surface area contributed by atoms with Gasteiger partial charge in [0.1, 0.15) is 5.75 Å².